The molecule has 2 heteroatoms. The van der Waals surface area contributed by atoms with Crippen LogP contribution in [0.1, 0.15) is 63.6 Å². The Morgan fingerprint density at radius 3 is 2.29 bits per heavy atom. The van der Waals surface area contributed by atoms with Crippen LogP contribution in [0.4, 0.5) is 0 Å². The maximum atomic E-state index is 6.27. The topological polar surface area (TPSA) is 35.2 Å². The Kier molecular flexibility index (Phi) is 6.25. The zero-order chi connectivity index (χ0) is 15.2. The molecule has 1 fully saturated rings. The summed E-state index contributed by atoms with van der Waals surface area (Å²) in [6, 6.07) is 8.73. The Morgan fingerprint density at radius 2 is 1.71 bits per heavy atom. The Labute approximate surface area is 130 Å². The fourth-order valence-electron chi connectivity index (χ4n) is 3.10. The van der Waals surface area contributed by atoms with E-state index in [1.165, 1.54) is 36.8 Å². The molecule has 1 aliphatic rings. The van der Waals surface area contributed by atoms with Crippen molar-refractivity contribution in [2.45, 2.75) is 65.0 Å². The molecule has 2 nitrogen and oxygen atoms in total. The Morgan fingerprint density at radius 1 is 1.10 bits per heavy atom. The molecule has 118 valence electrons. The minimum Gasteiger partial charge on any atom is -0.376 e. The third-order valence-electron chi connectivity index (χ3n) is 4.53. The first kappa shape index (κ1) is 16.5. The van der Waals surface area contributed by atoms with E-state index in [4.69, 9.17) is 10.5 Å². The standard InChI is InChI=1S/C19H31NO/c1-14(2)12-16-6-8-17(9-7-16)19(20)13-21-18-10-4-15(3)5-11-18/h6-9,14-15,18-19H,4-5,10-13,20H2,1-3H3. The minimum atomic E-state index is -0.00236. The van der Waals surface area contributed by atoms with Crippen LogP contribution in [0.2, 0.25) is 0 Å². The van der Waals surface area contributed by atoms with Crippen molar-refractivity contribution in [3.8, 4) is 0 Å². The van der Waals surface area contributed by atoms with Gasteiger partial charge in [0.25, 0.3) is 0 Å². The summed E-state index contributed by atoms with van der Waals surface area (Å²) >= 11 is 0. The van der Waals surface area contributed by atoms with Crippen molar-refractivity contribution in [3.63, 3.8) is 0 Å². The molecular formula is C19H31NO. The second kappa shape index (κ2) is 7.95. The van der Waals surface area contributed by atoms with Crippen LogP contribution in [0.5, 0.6) is 0 Å². The van der Waals surface area contributed by atoms with Crippen molar-refractivity contribution in [1.29, 1.82) is 0 Å². The zero-order valence-electron chi connectivity index (χ0n) is 13.8. The lowest BCUT2D eigenvalue weighted by Gasteiger charge is -2.27. The Hall–Kier alpha value is -0.860. The summed E-state index contributed by atoms with van der Waals surface area (Å²) in [5.74, 6) is 1.56. The van der Waals surface area contributed by atoms with Gasteiger partial charge in [0, 0.05) is 0 Å². The molecule has 0 spiro atoms. The number of hydrogen-bond donors (Lipinski definition) is 1. The van der Waals surface area contributed by atoms with E-state index in [-0.39, 0.29) is 6.04 Å². The molecule has 0 saturated heterocycles. The van der Waals surface area contributed by atoms with Crippen LogP contribution < -0.4 is 5.73 Å². The first-order valence-corrected chi connectivity index (χ1v) is 8.50. The normalized spacial score (nSPS) is 24.2. The van der Waals surface area contributed by atoms with E-state index in [1.807, 2.05) is 0 Å². The van der Waals surface area contributed by atoms with Gasteiger partial charge in [0.1, 0.15) is 0 Å². The molecule has 2 rings (SSSR count). The molecule has 1 aromatic carbocycles. The maximum absolute atomic E-state index is 6.27. The highest BCUT2D eigenvalue weighted by atomic mass is 16.5. The first-order valence-electron chi connectivity index (χ1n) is 8.50. The SMILES string of the molecule is CC(C)Cc1ccc(C(N)COC2CCC(C)CC2)cc1. The molecule has 21 heavy (non-hydrogen) atoms. The highest BCUT2D eigenvalue weighted by Crippen LogP contribution is 2.26. The first-order chi connectivity index (χ1) is 10.0. The molecule has 0 aliphatic heterocycles. The molecule has 0 amide bonds. The van der Waals surface area contributed by atoms with Crippen molar-refractivity contribution in [1.82, 2.24) is 0 Å². The fourth-order valence-corrected chi connectivity index (χ4v) is 3.10. The third kappa shape index (κ3) is 5.44. The Bertz CT molecular complexity index is 404. The highest BCUT2D eigenvalue weighted by molar-refractivity contribution is 5.25. The molecule has 2 N–H and O–H groups in total. The molecular weight excluding hydrogens is 258 g/mol. The minimum absolute atomic E-state index is 0.00236. The van der Waals surface area contributed by atoms with Gasteiger partial charge in [0.15, 0.2) is 0 Å². The number of hydrogen-bond acceptors (Lipinski definition) is 2. The predicted molar refractivity (Wildman–Crippen MR) is 89.3 cm³/mol. The van der Waals surface area contributed by atoms with Crippen LogP contribution >= 0.6 is 0 Å². The fraction of sp³-hybridized carbons (Fsp3) is 0.684. The van der Waals surface area contributed by atoms with Crippen LogP contribution in [-0.4, -0.2) is 12.7 Å². The summed E-state index contributed by atoms with van der Waals surface area (Å²) in [6.45, 7) is 7.47. The summed E-state index contributed by atoms with van der Waals surface area (Å²) in [5.41, 5.74) is 8.84. The average Bonchev–Trinajstić information content (AvgIpc) is 2.46. The molecule has 1 unspecified atom stereocenters. The van der Waals surface area contributed by atoms with Gasteiger partial charge in [-0.15, -0.1) is 0 Å². The monoisotopic (exact) mass is 289 g/mol. The summed E-state index contributed by atoms with van der Waals surface area (Å²) in [7, 11) is 0. The van der Waals surface area contributed by atoms with Crippen LogP contribution in [0.15, 0.2) is 24.3 Å². The van der Waals surface area contributed by atoms with Gasteiger partial charge in [-0.1, -0.05) is 45.0 Å². The summed E-state index contributed by atoms with van der Waals surface area (Å²) in [6.07, 6.45) is 6.54. The number of rotatable bonds is 6. The second-order valence-corrected chi connectivity index (χ2v) is 7.16. The van der Waals surface area contributed by atoms with Crippen molar-refractivity contribution >= 4 is 0 Å². The van der Waals surface area contributed by atoms with Gasteiger partial charge >= 0.3 is 0 Å². The summed E-state index contributed by atoms with van der Waals surface area (Å²) in [4.78, 5) is 0. The number of benzene rings is 1. The third-order valence-corrected chi connectivity index (χ3v) is 4.53. The van der Waals surface area contributed by atoms with Gasteiger partial charge in [0.05, 0.1) is 18.8 Å². The van der Waals surface area contributed by atoms with E-state index in [1.54, 1.807) is 0 Å². The van der Waals surface area contributed by atoms with E-state index in [9.17, 15) is 0 Å². The molecule has 1 atom stereocenters. The van der Waals surface area contributed by atoms with Crippen LogP contribution in [-0.2, 0) is 11.2 Å². The van der Waals surface area contributed by atoms with Gasteiger partial charge in [-0.25, -0.2) is 0 Å². The zero-order valence-corrected chi connectivity index (χ0v) is 13.8. The van der Waals surface area contributed by atoms with Crippen molar-refractivity contribution in [2.24, 2.45) is 17.6 Å². The molecule has 1 saturated carbocycles. The smallest absolute Gasteiger partial charge is 0.0663 e. The lowest BCUT2D eigenvalue weighted by molar-refractivity contribution is 0.0126. The Balaban J connectivity index is 1.78. The summed E-state index contributed by atoms with van der Waals surface area (Å²) < 4.78 is 6.02. The van der Waals surface area contributed by atoms with Crippen molar-refractivity contribution in [3.05, 3.63) is 35.4 Å². The van der Waals surface area contributed by atoms with E-state index >= 15 is 0 Å². The highest BCUT2D eigenvalue weighted by Gasteiger charge is 2.19. The van der Waals surface area contributed by atoms with E-state index < -0.39 is 0 Å². The predicted octanol–water partition coefficient (Wildman–Crippen LogP) is 4.48. The number of ether oxygens (including phenoxy) is 1. The van der Waals surface area contributed by atoms with Crippen molar-refractivity contribution in [2.75, 3.05) is 6.61 Å². The molecule has 0 radical (unpaired) electrons. The molecule has 0 aromatic heterocycles. The van der Waals surface area contributed by atoms with E-state index in [2.05, 4.69) is 45.0 Å². The van der Waals surface area contributed by atoms with E-state index in [0.717, 1.165) is 12.3 Å². The van der Waals surface area contributed by atoms with Gasteiger partial charge in [-0.05, 0) is 55.1 Å². The van der Waals surface area contributed by atoms with Crippen LogP contribution in [0.3, 0.4) is 0 Å². The van der Waals surface area contributed by atoms with Gasteiger partial charge in [-0.3, -0.25) is 0 Å². The second-order valence-electron chi connectivity index (χ2n) is 7.16. The summed E-state index contributed by atoms with van der Waals surface area (Å²) in [5, 5.41) is 0. The molecule has 0 heterocycles. The number of nitrogens with two attached hydrogens (primary N) is 1. The van der Waals surface area contributed by atoms with E-state index in [0.29, 0.717) is 18.6 Å². The lowest BCUT2D eigenvalue weighted by atomic mass is 9.89. The van der Waals surface area contributed by atoms with Gasteiger partial charge < -0.3 is 10.5 Å². The average molecular weight is 289 g/mol. The quantitative estimate of drug-likeness (QED) is 0.838. The molecule has 0 bridgehead atoms. The lowest BCUT2D eigenvalue weighted by Crippen LogP contribution is -2.25. The van der Waals surface area contributed by atoms with Gasteiger partial charge in [-0.2, -0.15) is 0 Å². The largest absolute Gasteiger partial charge is 0.376 e. The molecule has 1 aliphatic carbocycles. The maximum Gasteiger partial charge on any atom is 0.0663 e. The van der Waals surface area contributed by atoms with Gasteiger partial charge in [0.2, 0.25) is 0 Å². The van der Waals surface area contributed by atoms with Crippen LogP contribution in [0, 0.1) is 11.8 Å². The van der Waals surface area contributed by atoms with Crippen molar-refractivity contribution < 1.29 is 4.74 Å². The van der Waals surface area contributed by atoms with Crippen LogP contribution in [0.25, 0.3) is 0 Å². The molecule has 1 aromatic rings.